The summed E-state index contributed by atoms with van der Waals surface area (Å²) in [6.45, 7) is 1.84. The van der Waals surface area contributed by atoms with Crippen LogP contribution in [0.25, 0.3) is 11.3 Å². The van der Waals surface area contributed by atoms with Crippen molar-refractivity contribution in [2.45, 2.75) is 19.5 Å². The fourth-order valence-electron chi connectivity index (χ4n) is 1.68. The number of aromatic amines is 1. The molecule has 3 nitrogen and oxygen atoms in total. The van der Waals surface area contributed by atoms with E-state index in [2.05, 4.69) is 15.0 Å². The maximum Gasteiger partial charge on any atom is 0.417 e. The minimum absolute atomic E-state index is 0.0294. The third-order valence-corrected chi connectivity index (χ3v) is 2.75. The zero-order chi connectivity index (χ0) is 14.0. The summed E-state index contributed by atoms with van der Waals surface area (Å²) < 4.78 is 39.1. The number of rotatable bonds is 2. The van der Waals surface area contributed by atoms with E-state index >= 15 is 0 Å². The van der Waals surface area contributed by atoms with E-state index in [-0.39, 0.29) is 15.9 Å². The second-order valence-electron chi connectivity index (χ2n) is 3.85. The highest BCUT2D eigenvalue weighted by Crippen LogP contribution is 2.35. The van der Waals surface area contributed by atoms with Crippen LogP contribution >= 0.6 is 12.2 Å². The average Bonchev–Trinajstić information content (AvgIpc) is 2.37. The number of aryl methyl sites for hydroxylation is 1. The Balaban J connectivity index is 2.66. The minimum Gasteiger partial charge on any atom is -0.343 e. The van der Waals surface area contributed by atoms with Crippen molar-refractivity contribution in [2.75, 3.05) is 0 Å². The minimum atomic E-state index is -4.44. The second-order valence-corrected chi connectivity index (χ2v) is 4.27. The SMILES string of the molecule is CCc1nc(=S)cc(-c2cnccc2C(F)(F)F)[nH]1. The Kier molecular flexibility index (Phi) is 3.66. The molecule has 19 heavy (non-hydrogen) atoms. The molecule has 1 N–H and O–H groups in total. The van der Waals surface area contributed by atoms with Crippen LogP contribution in [0.2, 0.25) is 0 Å². The molecule has 0 spiro atoms. The quantitative estimate of drug-likeness (QED) is 0.854. The van der Waals surface area contributed by atoms with Crippen molar-refractivity contribution in [3.05, 3.63) is 40.6 Å². The molecule has 0 fully saturated rings. The summed E-state index contributed by atoms with van der Waals surface area (Å²) in [5, 5.41) is 0. The number of hydrogen-bond acceptors (Lipinski definition) is 3. The second kappa shape index (κ2) is 5.08. The Morgan fingerprint density at radius 1 is 1.37 bits per heavy atom. The van der Waals surface area contributed by atoms with Crippen molar-refractivity contribution in [1.29, 1.82) is 0 Å². The summed E-state index contributed by atoms with van der Waals surface area (Å²) in [5.74, 6) is 0.541. The van der Waals surface area contributed by atoms with Crippen LogP contribution < -0.4 is 0 Å². The van der Waals surface area contributed by atoms with Crippen molar-refractivity contribution in [2.24, 2.45) is 0 Å². The van der Waals surface area contributed by atoms with Crippen LogP contribution in [0.4, 0.5) is 13.2 Å². The molecule has 0 atom stereocenters. The average molecular weight is 285 g/mol. The topological polar surface area (TPSA) is 41.6 Å². The Morgan fingerprint density at radius 3 is 2.74 bits per heavy atom. The van der Waals surface area contributed by atoms with Crippen LogP contribution in [-0.2, 0) is 12.6 Å². The molecule has 0 aliphatic heterocycles. The van der Waals surface area contributed by atoms with Crippen molar-refractivity contribution in [3.63, 3.8) is 0 Å². The number of aromatic nitrogens is 3. The van der Waals surface area contributed by atoms with E-state index in [1.807, 2.05) is 6.92 Å². The zero-order valence-corrected chi connectivity index (χ0v) is 10.8. The number of nitrogens with one attached hydrogen (secondary N) is 1. The molecule has 0 aliphatic rings. The molecule has 0 saturated heterocycles. The molecule has 0 aliphatic carbocycles. The molecule has 0 radical (unpaired) electrons. The van der Waals surface area contributed by atoms with Gasteiger partial charge in [-0.2, -0.15) is 13.2 Å². The molecule has 0 aromatic carbocycles. The fraction of sp³-hybridized carbons (Fsp3) is 0.250. The van der Waals surface area contributed by atoms with E-state index in [4.69, 9.17) is 12.2 Å². The van der Waals surface area contributed by atoms with Gasteiger partial charge in [-0.05, 0) is 12.1 Å². The van der Waals surface area contributed by atoms with Crippen LogP contribution in [0.3, 0.4) is 0 Å². The van der Waals surface area contributed by atoms with E-state index in [1.54, 1.807) is 0 Å². The lowest BCUT2D eigenvalue weighted by Gasteiger charge is -2.12. The summed E-state index contributed by atoms with van der Waals surface area (Å²) in [5.41, 5.74) is -0.503. The summed E-state index contributed by atoms with van der Waals surface area (Å²) in [4.78, 5) is 10.6. The molecule has 0 bridgehead atoms. The molecule has 100 valence electrons. The van der Waals surface area contributed by atoms with E-state index in [9.17, 15) is 13.2 Å². The van der Waals surface area contributed by atoms with Crippen molar-refractivity contribution in [3.8, 4) is 11.3 Å². The summed E-state index contributed by atoms with van der Waals surface area (Å²) in [7, 11) is 0. The largest absolute Gasteiger partial charge is 0.417 e. The van der Waals surface area contributed by atoms with Crippen molar-refractivity contribution >= 4 is 12.2 Å². The van der Waals surface area contributed by atoms with Crippen molar-refractivity contribution in [1.82, 2.24) is 15.0 Å². The van der Waals surface area contributed by atoms with Gasteiger partial charge in [0, 0.05) is 24.4 Å². The molecule has 2 aromatic rings. The first-order chi connectivity index (χ1) is 8.91. The monoisotopic (exact) mass is 285 g/mol. The lowest BCUT2D eigenvalue weighted by atomic mass is 10.1. The van der Waals surface area contributed by atoms with Gasteiger partial charge in [0.1, 0.15) is 10.5 Å². The molecule has 7 heteroatoms. The van der Waals surface area contributed by atoms with Gasteiger partial charge in [-0.3, -0.25) is 4.98 Å². The van der Waals surface area contributed by atoms with Gasteiger partial charge in [-0.25, -0.2) is 4.98 Å². The van der Waals surface area contributed by atoms with Crippen molar-refractivity contribution < 1.29 is 13.2 Å². The summed E-state index contributed by atoms with van der Waals surface area (Å²) >= 11 is 4.96. The first kappa shape index (κ1) is 13.7. The zero-order valence-electron chi connectivity index (χ0n) is 9.95. The third kappa shape index (κ3) is 2.98. The van der Waals surface area contributed by atoms with Gasteiger partial charge < -0.3 is 4.98 Å². The van der Waals surface area contributed by atoms with Crippen LogP contribution in [0.15, 0.2) is 24.5 Å². The van der Waals surface area contributed by atoms with Gasteiger partial charge in [0.2, 0.25) is 0 Å². The van der Waals surface area contributed by atoms with Gasteiger partial charge in [0.25, 0.3) is 0 Å². The van der Waals surface area contributed by atoms with E-state index < -0.39 is 11.7 Å². The number of hydrogen-bond donors (Lipinski definition) is 1. The smallest absolute Gasteiger partial charge is 0.343 e. The molecular formula is C12H10F3N3S. The molecule has 0 unspecified atom stereocenters. The van der Waals surface area contributed by atoms with E-state index in [0.717, 1.165) is 12.3 Å². The first-order valence-electron chi connectivity index (χ1n) is 5.53. The Morgan fingerprint density at radius 2 is 2.11 bits per heavy atom. The van der Waals surface area contributed by atoms with Crippen LogP contribution in [-0.4, -0.2) is 15.0 Å². The Bertz CT molecular complexity index is 649. The Labute approximate surface area is 112 Å². The number of nitrogens with zero attached hydrogens (tertiary/aromatic N) is 2. The maximum absolute atomic E-state index is 12.9. The highest BCUT2D eigenvalue weighted by molar-refractivity contribution is 7.71. The predicted molar refractivity (Wildman–Crippen MR) is 67.0 cm³/mol. The molecule has 2 heterocycles. The number of alkyl halides is 3. The number of halogens is 3. The van der Waals surface area contributed by atoms with Crippen LogP contribution in [0.5, 0.6) is 0 Å². The molecule has 2 aromatic heterocycles. The Hall–Kier alpha value is -1.76. The fourth-order valence-corrected chi connectivity index (χ4v) is 1.91. The molecule has 2 rings (SSSR count). The standard InChI is InChI=1S/C12H10F3N3S/c1-2-10-17-9(5-11(19)18-10)7-6-16-4-3-8(7)12(13,14)15/h3-6H,2H2,1H3,(H,17,18,19). The lowest BCUT2D eigenvalue weighted by molar-refractivity contribution is -0.137. The summed E-state index contributed by atoms with van der Waals surface area (Å²) in [6.07, 6.45) is -1.60. The normalized spacial score (nSPS) is 11.6. The highest BCUT2D eigenvalue weighted by atomic mass is 32.1. The molecule has 0 amide bonds. The van der Waals surface area contributed by atoms with E-state index in [1.165, 1.54) is 12.3 Å². The van der Waals surface area contributed by atoms with Gasteiger partial charge in [-0.1, -0.05) is 19.1 Å². The summed E-state index contributed by atoms with van der Waals surface area (Å²) in [6, 6.07) is 2.35. The third-order valence-electron chi connectivity index (χ3n) is 2.54. The van der Waals surface area contributed by atoms with Gasteiger partial charge >= 0.3 is 6.18 Å². The van der Waals surface area contributed by atoms with Crippen LogP contribution in [0.1, 0.15) is 18.3 Å². The van der Waals surface area contributed by atoms with E-state index in [0.29, 0.717) is 12.2 Å². The first-order valence-corrected chi connectivity index (χ1v) is 5.94. The molecule has 0 saturated carbocycles. The van der Waals surface area contributed by atoms with Gasteiger partial charge in [-0.15, -0.1) is 0 Å². The van der Waals surface area contributed by atoms with Gasteiger partial charge in [0.15, 0.2) is 0 Å². The maximum atomic E-state index is 12.9. The molecular weight excluding hydrogens is 275 g/mol. The predicted octanol–water partition coefficient (Wildman–Crippen LogP) is 3.78. The highest BCUT2D eigenvalue weighted by Gasteiger charge is 2.33. The van der Waals surface area contributed by atoms with Gasteiger partial charge in [0.05, 0.1) is 11.3 Å². The number of H-pyrrole nitrogens is 1. The van der Waals surface area contributed by atoms with Crippen LogP contribution in [0, 0.1) is 4.64 Å². The lowest BCUT2D eigenvalue weighted by Crippen LogP contribution is -2.08. The number of pyridine rings is 1.